The number of aromatic amines is 1. The van der Waals surface area contributed by atoms with E-state index in [4.69, 9.17) is 4.74 Å². The third-order valence-corrected chi connectivity index (χ3v) is 4.78. The van der Waals surface area contributed by atoms with Crippen LogP contribution < -0.4 is 4.74 Å². The maximum atomic E-state index is 11.4. The molecule has 3 heterocycles. The number of H-pyrrole nitrogens is 1. The van der Waals surface area contributed by atoms with Crippen LogP contribution >= 0.6 is 0 Å². The summed E-state index contributed by atoms with van der Waals surface area (Å²) in [4.78, 5) is 20.9. The molecule has 0 spiro atoms. The molecule has 26 heavy (non-hydrogen) atoms. The number of nitrogens with one attached hydrogen (secondary N) is 1. The fraction of sp³-hybridized carbons (Fsp3) is 0.238. The minimum Gasteiger partial charge on any atom is -0.488 e. The molecule has 1 aliphatic rings. The van der Waals surface area contributed by atoms with Crippen LogP contribution in [-0.2, 0) is 4.79 Å². The molecule has 0 atom stereocenters. The Balaban J connectivity index is 1.58. The van der Waals surface area contributed by atoms with Crippen molar-refractivity contribution in [1.82, 2.24) is 14.9 Å². The van der Waals surface area contributed by atoms with Crippen molar-refractivity contribution in [2.45, 2.75) is 13.3 Å². The summed E-state index contributed by atoms with van der Waals surface area (Å²) in [7, 11) is 0. The minimum absolute atomic E-state index is 0.122. The smallest absolute Gasteiger partial charge is 0.219 e. The molecule has 0 unspecified atom stereocenters. The standard InChI is InChI=1S/C21H21N3O2/c1-15(25)24-11-8-16(9-12-24)14-26-19-7-10-22-21-20(19)18(13-23-21)17-5-3-2-4-6-17/h2-8,10,13H,9,11-12,14H2,1H3,(H,22,23). The number of hydrogen-bond donors (Lipinski definition) is 1. The Morgan fingerprint density at radius 3 is 2.85 bits per heavy atom. The number of carbonyl (C=O) groups is 1. The molecule has 0 aliphatic carbocycles. The van der Waals surface area contributed by atoms with Crippen LogP contribution in [0.4, 0.5) is 0 Å². The van der Waals surface area contributed by atoms with E-state index < -0.39 is 0 Å². The number of pyridine rings is 1. The molecule has 1 amide bonds. The van der Waals surface area contributed by atoms with E-state index in [1.165, 1.54) is 5.57 Å². The van der Waals surface area contributed by atoms with Crippen molar-refractivity contribution in [2.24, 2.45) is 0 Å². The topological polar surface area (TPSA) is 58.2 Å². The average molecular weight is 347 g/mol. The van der Waals surface area contributed by atoms with Gasteiger partial charge in [-0.3, -0.25) is 4.79 Å². The monoisotopic (exact) mass is 347 g/mol. The molecule has 2 aromatic heterocycles. The second-order valence-corrected chi connectivity index (χ2v) is 6.47. The maximum Gasteiger partial charge on any atom is 0.219 e. The summed E-state index contributed by atoms with van der Waals surface area (Å²) in [5.74, 6) is 0.946. The molecule has 132 valence electrons. The molecular weight excluding hydrogens is 326 g/mol. The normalized spacial score (nSPS) is 14.3. The van der Waals surface area contributed by atoms with Crippen molar-refractivity contribution in [2.75, 3.05) is 19.7 Å². The van der Waals surface area contributed by atoms with Gasteiger partial charge in [-0.15, -0.1) is 0 Å². The number of fused-ring (bicyclic) bond motifs is 1. The van der Waals surface area contributed by atoms with Gasteiger partial charge in [0.05, 0.1) is 5.39 Å². The van der Waals surface area contributed by atoms with Crippen LogP contribution in [0.1, 0.15) is 13.3 Å². The second-order valence-electron chi connectivity index (χ2n) is 6.47. The molecule has 1 aliphatic heterocycles. The largest absolute Gasteiger partial charge is 0.488 e. The Kier molecular flexibility index (Phi) is 4.44. The van der Waals surface area contributed by atoms with Gasteiger partial charge in [0.2, 0.25) is 5.91 Å². The van der Waals surface area contributed by atoms with Crippen molar-refractivity contribution in [3.63, 3.8) is 0 Å². The van der Waals surface area contributed by atoms with Crippen LogP contribution in [0.2, 0.25) is 0 Å². The lowest BCUT2D eigenvalue weighted by atomic mass is 10.1. The number of aromatic nitrogens is 2. The van der Waals surface area contributed by atoms with Crippen molar-refractivity contribution < 1.29 is 9.53 Å². The lowest BCUT2D eigenvalue weighted by molar-refractivity contribution is -0.128. The number of benzene rings is 1. The molecule has 3 aromatic rings. The van der Waals surface area contributed by atoms with Gasteiger partial charge in [0.25, 0.3) is 0 Å². The van der Waals surface area contributed by atoms with E-state index in [0.29, 0.717) is 13.2 Å². The van der Waals surface area contributed by atoms with Crippen LogP contribution in [0, 0.1) is 0 Å². The molecule has 5 heteroatoms. The van der Waals surface area contributed by atoms with E-state index in [0.717, 1.165) is 40.9 Å². The SMILES string of the molecule is CC(=O)N1CC=C(COc2ccnc3[nH]cc(-c4ccccc4)c23)CC1. The molecule has 0 radical (unpaired) electrons. The summed E-state index contributed by atoms with van der Waals surface area (Å²) < 4.78 is 6.14. The number of amides is 1. The molecule has 5 nitrogen and oxygen atoms in total. The van der Waals surface area contributed by atoms with Crippen molar-refractivity contribution >= 4 is 16.9 Å². The van der Waals surface area contributed by atoms with E-state index in [1.54, 1.807) is 13.1 Å². The first-order valence-electron chi connectivity index (χ1n) is 8.80. The lowest BCUT2D eigenvalue weighted by Gasteiger charge is -2.25. The van der Waals surface area contributed by atoms with Crippen LogP contribution in [0.15, 0.2) is 60.4 Å². The van der Waals surface area contributed by atoms with Gasteiger partial charge in [-0.2, -0.15) is 0 Å². The summed E-state index contributed by atoms with van der Waals surface area (Å²) >= 11 is 0. The van der Waals surface area contributed by atoms with Gasteiger partial charge in [-0.1, -0.05) is 36.4 Å². The van der Waals surface area contributed by atoms with E-state index in [-0.39, 0.29) is 5.91 Å². The zero-order chi connectivity index (χ0) is 17.9. The molecular formula is C21H21N3O2. The van der Waals surface area contributed by atoms with Gasteiger partial charge in [0.15, 0.2) is 0 Å². The highest BCUT2D eigenvalue weighted by molar-refractivity contribution is 5.98. The van der Waals surface area contributed by atoms with Gasteiger partial charge in [0, 0.05) is 38.0 Å². The van der Waals surface area contributed by atoms with Crippen molar-refractivity contribution in [1.29, 1.82) is 0 Å². The second kappa shape index (κ2) is 7.04. The fourth-order valence-corrected chi connectivity index (χ4v) is 3.29. The van der Waals surface area contributed by atoms with E-state index in [2.05, 4.69) is 28.2 Å². The zero-order valence-electron chi connectivity index (χ0n) is 14.7. The molecule has 0 saturated carbocycles. The number of ether oxygens (including phenoxy) is 1. The summed E-state index contributed by atoms with van der Waals surface area (Å²) in [6.07, 6.45) is 6.69. The Hall–Kier alpha value is -3.08. The van der Waals surface area contributed by atoms with Crippen molar-refractivity contribution in [3.05, 3.63) is 60.4 Å². The Morgan fingerprint density at radius 1 is 1.27 bits per heavy atom. The highest BCUT2D eigenvalue weighted by Crippen LogP contribution is 2.34. The molecule has 0 saturated heterocycles. The van der Waals surface area contributed by atoms with E-state index >= 15 is 0 Å². The van der Waals surface area contributed by atoms with Gasteiger partial charge in [0.1, 0.15) is 18.0 Å². The Bertz CT molecular complexity index is 960. The van der Waals surface area contributed by atoms with Gasteiger partial charge in [-0.25, -0.2) is 4.98 Å². The van der Waals surface area contributed by atoms with E-state index in [1.807, 2.05) is 35.4 Å². The summed E-state index contributed by atoms with van der Waals surface area (Å²) in [5.41, 5.74) is 4.26. The van der Waals surface area contributed by atoms with Crippen LogP contribution in [0.3, 0.4) is 0 Å². The third kappa shape index (κ3) is 3.20. The molecule has 1 aromatic carbocycles. The van der Waals surface area contributed by atoms with Crippen LogP contribution in [0.5, 0.6) is 5.75 Å². The Labute approximate surface area is 152 Å². The predicted octanol–water partition coefficient (Wildman–Crippen LogP) is 3.79. The summed E-state index contributed by atoms with van der Waals surface area (Å²) in [6, 6.07) is 12.1. The highest BCUT2D eigenvalue weighted by atomic mass is 16.5. The molecule has 4 rings (SSSR count). The lowest BCUT2D eigenvalue weighted by Crippen LogP contribution is -2.33. The number of nitrogens with zero attached hydrogens (tertiary/aromatic N) is 2. The maximum absolute atomic E-state index is 11.4. The summed E-state index contributed by atoms with van der Waals surface area (Å²) in [5, 5.41) is 1.00. The Morgan fingerprint density at radius 2 is 2.12 bits per heavy atom. The molecule has 0 bridgehead atoms. The highest BCUT2D eigenvalue weighted by Gasteiger charge is 2.16. The first-order valence-corrected chi connectivity index (χ1v) is 8.80. The number of carbonyl (C=O) groups excluding carboxylic acids is 1. The van der Waals surface area contributed by atoms with Crippen LogP contribution in [-0.4, -0.2) is 40.5 Å². The van der Waals surface area contributed by atoms with Gasteiger partial charge >= 0.3 is 0 Å². The predicted molar refractivity (Wildman–Crippen MR) is 102 cm³/mol. The fourth-order valence-electron chi connectivity index (χ4n) is 3.29. The first kappa shape index (κ1) is 16.4. The molecule has 0 fully saturated rings. The van der Waals surface area contributed by atoms with Crippen molar-refractivity contribution in [3.8, 4) is 16.9 Å². The average Bonchev–Trinajstić information content (AvgIpc) is 3.12. The summed E-state index contributed by atoms with van der Waals surface area (Å²) in [6.45, 7) is 3.57. The quantitative estimate of drug-likeness (QED) is 0.731. The number of hydrogen-bond acceptors (Lipinski definition) is 3. The minimum atomic E-state index is 0.122. The molecule has 1 N–H and O–H groups in total. The third-order valence-electron chi connectivity index (χ3n) is 4.78. The first-order chi connectivity index (χ1) is 12.7. The van der Waals surface area contributed by atoms with Gasteiger partial charge < -0.3 is 14.6 Å². The van der Waals surface area contributed by atoms with E-state index in [9.17, 15) is 4.79 Å². The van der Waals surface area contributed by atoms with Crippen LogP contribution in [0.25, 0.3) is 22.2 Å². The van der Waals surface area contributed by atoms with Gasteiger partial charge in [-0.05, 0) is 23.6 Å². The zero-order valence-corrected chi connectivity index (χ0v) is 14.7. The number of rotatable bonds is 4.